The first-order valence-electron chi connectivity index (χ1n) is 8.14. The molecular formula is C18H30N2O. The molecule has 0 bridgehead atoms. The number of hydrogen-bond donors (Lipinski definition) is 0. The Balaban J connectivity index is 2.82. The molecule has 0 heterocycles. The van der Waals surface area contributed by atoms with Crippen molar-refractivity contribution in [1.29, 1.82) is 0 Å². The standard InChI is InChI=1S/C18H30N2O/c1-5-7-8-12-15-20(17(6-2)19(3)4)18(21)16-13-10-9-11-14-16/h9-11,13-14,17H,5-8,12,15H2,1-4H3. The highest BCUT2D eigenvalue weighted by Gasteiger charge is 2.24. The van der Waals surface area contributed by atoms with Crippen LogP contribution in [0.5, 0.6) is 0 Å². The number of amides is 1. The van der Waals surface area contributed by atoms with Crippen molar-refractivity contribution in [2.75, 3.05) is 20.6 Å². The summed E-state index contributed by atoms with van der Waals surface area (Å²) in [5, 5.41) is 0. The second kappa shape index (κ2) is 9.56. The van der Waals surface area contributed by atoms with Crippen molar-refractivity contribution in [1.82, 2.24) is 9.80 Å². The third-order valence-corrected chi connectivity index (χ3v) is 3.86. The molecule has 0 spiro atoms. The van der Waals surface area contributed by atoms with E-state index in [9.17, 15) is 4.79 Å². The van der Waals surface area contributed by atoms with Gasteiger partial charge >= 0.3 is 0 Å². The fourth-order valence-electron chi connectivity index (χ4n) is 2.71. The van der Waals surface area contributed by atoms with Gasteiger partial charge in [0.2, 0.25) is 0 Å². The van der Waals surface area contributed by atoms with Gasteiger partial charge in [0.25, 0.3) is 5.91 Å². The molecule has 1 rings (SSSR count). The molecular weight excluding hydrogens is 260 g/mol. The van der Waals surface area contributed by atoms with E-state index in [0.29, 0.717) is 0 Å². The number of unbranched alkanes of at least 4 members (excludes halogenated alkanes) is 3. The van der Waals surface area contributed by atoms with E-state index in [2.05, 4.69) is 18.7 Å². The van der Waals surface area contributed by atoms with Crippen molar-refractivity contribution in [3.8, 4) is 0 Å². The third-order valence-electron chi connectivity index (χ3n) is 3.86. The minimum atomic E-state index is 0.146. The molecule has 1 aromatic rings. The van der Waals surface area contributed by atoms with Crippen molar-refractivity contribution in [3.05, 3.63) is 35.9 Å². The van der Waals surface area contributed by atoms with Gasteiger partial charge in [-0.15, -0.1) is 0 Å². The quantitative estimate of drug-likeness (QED) is 0.507. The third kappa shape index (κ3) is 5.50. The summed E-state index contributed by atoms with van der Waals surface area (Å²) in [6, 6.07) is 9.62. The Morgan fingerprint density at radius 1 is 1.05 bits per heavy atom. The number of carbonyl (C=O) groups is 1. The van der Waals surface area contributed by atoms with Gasteiger partial charge in [0.1, 0.15) is 0 Å². The predicted octanol–water partition coefficient (Wildman–Crippen LogP) is 4.01. The number of carbonyl (C=O) groups excluding carboxylic acids is 1. The fourth-order valence-corrected chi connectivity index (χ4v) is 2.71. The maximum absolute atomic E-state index is 12.8. The predicted molar refractivity (Wildman–Crippen MR) is 89.4 cm³/mol. The molecule has 1 aromatic carbocycles. The summed E-state index contributed by atoms with van der Waals surface area (Å²) in [6.45, 7) is 5.19. The lowest BCUT2D eigenvalue weighted by atomic mass is 10.1. The van der Waals surface area contributed by atoms with Gasteiger partial charge in [-0.05, 0) is 39.1 Å². The molecule has 0 N–H and O–H groups in total. The van der Waals surface area contributed by atoms with Gasteiger partial charge in [0.05, 0.1) is 6.17 Å². The highest BCUT2D eigenvalue weighted by Crippen LogP contribution is 2.14. The maximum Gasteiger partial charge on any atom is 0.255 e. The zero-order valence-corrected chi connectivity index (χ0v) is 14.0. The van der Waals surface area contributed by atoms with Gasteiger partial charge in [0.15, 0.2) is 0 Å². The molecule has 3 heteroatoms. The zero-order valence-electron chi connectivity index (χ0n) is 14.0. The summed E-state index contributed by atoms with van der Waals surface area (Å²) in [5.41, 5.74) is 0.785. The summed E-state index contributed by atoms with van der Waals surface area (Å²) in [6.07, 6.45) is 5.85. The van der Waals surface area contributed by atoms with Crippen LogP contribution >= 0.6 is 0 Å². The van der Waals surface area contributed by atoms with Crippen LogP contribution in [0.1, 0.15) is 56.3 Å². The summed E-state index contributed by atoms with van der Waals surface area (Å²) in [4.78, 5) is 17.0. The molecule has 0 radical (unpaired) electrons. The topological polar surface area (TPSA) is 23.6 Å². The van der Waals surface area contributed by atoms with Crippen molar-refractivity contribution in [3.63, 3.8) is 0 Å². The van der Waals surface area contributed by atoms with Crippen molar-refractivity contribution >= 4 is 5.91 Å². The molecule has 0 fully saturated rings. The molecule has 3 nitrogen and oxygen atoms in total. The lowest BCUT2D eigenvalue weighted by molar-refractivity contribution is 0.0436. The lowest BCUT2D eigenvalue weighted by Gasteiger charge is -2.35. The maximum atomic E-state index is 12.8. The molecule has 0 aliphatic heterocycles. The van der Waals surface area contributed by atoms with E-state index in [-0.39, 0.29) is 12.1 Å². The van der Waals surface area contributed by atoms with Crippen molar-refractivity contribution < 1.29 is 4.79 Å². The molecule has 0 saturated carbocycles. The van der Waals surface area contributed by atoms with Crippen LogP contribution in [0.15, 0.2) is 30.3 Å². The van der Waals surface area contributed by atoms with Gasteiger partial charge < -0.3 is 4.90 Å². The second-order valence-corrected chi connectivity index (χ2v) is 5.78. The Hall–Kier alpha value is -1.35. The van der Waals surface area contributed by atoms with Gasteiger partial charge in [-0.3, -0.25) is 9.69 Å². The average Bonchev–Trinajstić information content (AvgIpc) is 2.50. The average molecular weight is 290 g/mol. The molecule has 0 saturated heterocycles. The summed E-state index contributed by atoms with van der Waals surface area (Å²) in [7, 11) is 4.09. The first-order chi connectivity index (χ1) is 10.1. The van der Waals surface area contributed by atoms with Crippen LogP contribution in [0.25, 0.3) is 0 Å². The number of nitrogens with zero attached hydrogens (tertiary/aromatic N) is 2. The van der Waals surface area contributed by atoms with Crippen LogP contribution in [0, 0.1) is 0 Å². The Labute approximate surface area is 129 Å². The number of hydrogen-bond acceptors (Lipinski definition) is 2. The van der Waals surface area contributed by atoms with E-state index in [4.69, 9.17) is 0 Å². The lowest BCUT2D eigenvalue weighted by Crippen LogP contribution is -2.48. The van der Waals surface area contributed by atoms with Crippen LogP contribution in [-0.2, 0) is 0 Å². The molecule has 1 atom stereocenters. The molecule has 1 unspecified atom stereocenters. The fraction of sp³-hybridized carbons (Fsp3) is 0.611. The van der Waals surface area contributed by atoms with Crippen LogP contribution in [0.2, 0.25) is 0 Å². The molecule has 0 aliphatic rings. The van der Waals surface area contributed by atoms with E-state index in [1.165, 1.54) is 19.3 Å². The zero-order chi connectivity index (χ0) is 15.7. The second-order valence-electron chi connectivity index (χ2n) is 5.78. The highest BCUT2D eigenvalue weighted by molar-refractivity contribution is 5.94. The Bertz CT molecular complexity index is 403. The molecule has 0 aliphatic carbocycles. The molecule has 21 heavy (non-hydrogen) atoms. The van der Waals surface area contributed by atoms with Gasteiger partial charge in [-0.25, -0.2) is 0 Å². The van der Waals surface area contributed by atoms with E-state index in [1.807, 2.05) is 49.3 Å². The van der Waals surface area contributed by atoms with E-state index >= 15 is 0 Å². The Morgan fingerprint density at radius 3 is 2.24 bits per heavy atom. The molecule has 0 aromatic heterocycles. The Morgan fingerprint density at radius 2 is 1.71 bits per heavy atom. The normalized spacial score (nSPS) is 12.4. The largest absolute Gasteiger partial charge is 0.323 e. The SMILES string of the molecule is CCCCCCN(C(=O)c1ccccc1)C(CC)N(C)C. The summed E-state index contributed by atoms with van der Waals surface area (Å²) < 4.78 is 0. The Kier molecular flexibility index (Phi) is 8.06. The van der Waals surface area contributed by atoms with Gasteiger partial charge in [-0.2, -0.15) is 0 Å². The minimum Gasteiger partial charge on any atom is -0.323 e. The van der Waals surface area contributed by atoms with Crippen molar-refractivity contribution in [2.45, 2.75) is 52.1 Å². The smallest absolute Gasteiger partial charge is 0.255 e. The van der Waals surface area contributed by atoms with Gasteiger partial charge in [0, 0.05) is 12.1 Å². The summed E-state index contributed by atoms with van der Waals surface area (Å²) in [5.74, 6) is 0.146. The summed E-state index contributed by atoms with van der Waals surface area (Å²) >= 11 is 0. The molecule has 118 valence electrons. The van der Waals surface area contributed by atoms with E-state index in [1.54, 1.807) is 0 Å². The monoisotopic (exact) mass is 290 g/mol. The van der Waals surface area contributed by atoms with Crippen LogP contribution in [0.4, 0.5) is 0 Å². The first-order valence-corrected chi connectivity index (χ1v) is 8.14. The molecule has 1 amide bonds. The van der Waals surface area contributed by atoms with Gasteiger partial charge in [-0.1, -0.05) is 51.3 Å². The van der Waals surface area contributed by atoms with Crippen molar-refractivity contribution in [2.24, 2.45) is 0 Å². The van der Waals surface area contributed by atoms with E-state index < -0.39 is 0 Å². The van der Waals surface area contributed by atoms with Crippen LogP contribution in [-0.4, -0.2) is 42.5 Å². The minimum absolute atomic E-state index is 0.146. The van der Waals surface area contributed by atoms with Crippen LogP contribution < -0.4 is 0 Å². The van der Waals surface area contributed by atoms with E-state index in [0.717, 1.165) is 24.9 Å². The number of benzene rings is 1. The first kappa shape index (κ1) is 17.7. The highest BCUT2D eigenvalue weighted by atomic mass is 16.2. The number of rotatable bonds is 9. The van der Waals surface area contributed by atoms with Crippen LogP contribution in [0.3, 0.4) is 0 Å².